The largest absolute Gasteiger partial charge is 0.496 e. The molecule has 0 spiro atoms. The minimum Gasteiger partial charge on any atom is -0.496 e. The minimum atomic E-state index is 0.730. The van der Waals surface area contributed by atoms with Gasteiger partial charge in [0.1, 0.15) is 5.75 Å². The Labute approximate surface area is 101 Å². The Kier molecular flexibility index (Phi) is 3.77. The Bertz CT molecular complexity index is 479. The van der Waals surface area contributed by atoms with Crippen LogP contribution >= 0.6 is 0 Å². The summed E-state index contributed by atoms with van der Waals surface area (Å²) in [5, 5.41) is 7.43. The smallest absolute Gasteiger partial charge is 0.123 e. The fourth-order valence-electron chi connectivity index (χ4n) is 1.80. The molecule has 1 N–H and O–H groups in total. The van der Waals surface area contributed by atoms with Gasteiger partial charge in [0.25, 0.3) is 0 Å². The van der Waals surface area contributed by atoms with Gasteiger partial charge in [0, 0.05) is 23.9 Å². The Balaban J connectivity index is 2.13. The monoisotopic (exact) mass is 231 g/mol. The third kappa shape index (κ3) is 2.85. The maximum absolute atomic E-state index is 5.32. The molecule has 0 aliphatic rings. The summed E-state index contributed by atoms with van der Waals surface area (Å²) in [5.41, 5.74) is 2.32. The second-order valence-electron chi connectivity index (χ2n) is 3.89. The lowest BCUT2D eigenvalue weighted by Gasteiger charge is -2.07. The van der Waals surface area contributed by atoms with Gasteiger partial charge in [0.15, 0.2) is 0 Å². The van der Waals surface area contributed by atoms with Gasteiger partial charge in [-0.3, -0.25) is 4.68 Å². The Hall–Kier alpha value is -1.81. The Morgan fingerprint density at radius 1 is 1.35 bits per heavy atom. The maximum atomic E-state index is 5.32. The molecule has 0 fully saturated rings. The van der Waals surface area contributed by atoms with Crippen molar-refractivity contribution in [3.63, 3.8) is 0 Å². The number of methoxy groups -OCH3 is 1. The number of ether oxygens (including phenoxy) is 1. The molecule has 0 unspecified atom stereocenters. The van der Waals surface area contributed by atoms with Crippen molar-refractivity contribution >= 4 is 0 Å². The first kappa shape index (κ1) is 11.7. The molecule has 90 valence electrons. The van der Waals surface area contributed by atoms with Gasteiger partial charge in [-0.2, -0.15) is 5.10 Å². The topological polar surface area (TPSA) is 39.1 Å². The van der Waals surface area contributed by atoms with Gasteiger partial charge in [-0.1, -0.05) is 18.2 Å². The van der Waals surface area contributed by atoms with Crippen LogP contribution in [0.5, 0.6) is 5.75 Å². The molecule has 0 aliphatic carbocycles. The third-order valence-corrected chi connectivity index (χ3v) is 2.59. The molecule has 0 aliphatic heterocycles. The molecule has 0 saturated carbocycles. The molecule has 4 nitrogen and oxygen atoms in total. The number of nitrogens with zero attached hydrogens (tertiary/aromatic N) is 2. The first-order chi connectivity index (χ1) is 8.33. The van der Waals surface area contributed by atoms with Crippen molar-refractivity contribution in [2.24, 2.45) is 0 Å². The summed E-state index contributed by atoms with van der Waals surface area (Å²) >= 11 is 0. The van der Waals surface area contributed by atoms with Crippen molar-refractivity contribution in [1.29, 1.82) is 0 Å². The average Bonchev–Trinajstić information content (AvgIpc) is 2.78. The van der Waals surface area contributed by atoms with Gasteiger partial charge in [-0.25, -0.2) is 0 Å². The molecular formula is C13H17N3O. The predicted molar refractivity (Wildman–Crippen MR) is 67.1 cm³/mol. The van der Waals surface area contributed by atoms with E-state index in [-0.39, 0.29) is 0 Å². The molecule has 2 rings (SSSR count). The summed E-state index contributed by atoms with van der Waals surface area (Å²) in [6.45, 7) is 1.57. The fourth-order valence-corrected chi connectivity index (χ4v) is 1.80. The summed E-state index contributed by atoms with van der Waals surface area (Å²) < 4.78 is 7.24. The van der Waals surface area contributed by atoms with Gasteiger partial charge in [-0.15, -0.1) is 0 Å². The standard InChI is InChI=1S/C13H17N3O/c1-14-7-11-8-15-16(9-11)10-12-5-3-4-6-13(12)17-2/h3-6,8-9,14H,7,10H2,1-2H3. The van der Waals surface area contributed by atoms with Gasteiger partial charge >= 0.3 is 0 Å². The van der Waals surface area contributed by atoms with E-state index >= 15 is 0 Å². The van der Waals surface area contributed by atoms with Crippen LogP contribution in [0.3, 0.4) is 0 Å². The first-order valence-corrected chi connectivity index (χ1v) is 5.61. The van der Waals surface area contributed by atoms with E-state index in [0.717, 1.165) is 24.4 Å². The average molecular weight is 231 g/mol. The van der Waals surface area contributed by atoms with E-state index in [1.54, 1.807) is 7.11 Å². The highest BCUT2D eigenvalue weighted by Gasteiger charge is 2.03. The molecule has 0 amide bonds. The van der Waals surface area contributed by atoms with Crippen LogP contribution in [-0.4, -0.2) is 23.9 Å². The molecule has 0 saturated heterocycles. The summed E-state index contributed by atoms with van der Waals surface area (Å²) in [4.78, 5) is 0. The lowest BCUT2D eigenvalue weighted by Crippen LogP contribution is -2.04. The number of rotatable bonds is 5. The Morgan fingerprint density at radius 3 is 2.94 bits per heavy atom. The van der Waals surface area contributed by atoms with Crippen molar-refractivity contribution in [2.45, 2.75) is 13.1 Å². The first-order valence-electron chi connectivity index (χ1n) is 5.61. The molecule has 1 aromatic carbocycles. The highest BCUT2D eigenvalue weighted by molar-refractivity contribution is 5.33. The zero-order valence-corrected chi connectivity index (χ0v) is 10.2. The van der Waals surface area contributed by atoms with Gasteiger partial charge in [0.05, 0.1) is 19.9 Å². The van der Waals surface area contributed by atoms with Gasteiger partial charge in [-0.05, 0) is 13.1 Å². The van der Waals surface area contributed by atoms with E-state index in [9.17, 15) is 0 Å². The van der Waals surface area contributed by atoms with Crippen molar-refractivity contribution in [3.05, 3.63) is 47.8 Å². The summed E-state index contributed by atoms with van der Waals surface area (Å²) in [6, 6.07) is 8.00. The van der Waals surface area contributed by atoms with Crippen LogP contribution in [0.4, 0.5) is 0 Å². The van der Waals surface area contributed by atoms with Crippen LogP contribution in [0.15, 0.2) is 36.7 Å². The Morgan fingerprint density at radius 2 is 2.18 bits per heavy atom. The second kappa shape index (κ2) is 5.50. The van der Waals surface area contributed by atoms with E-state index in [4.69, 9.17) is 4.74 Å². The van der Waals surface area contributed by atoms with Gasteiger partial charge < -0.3 is 10.1 Å². The van der Waals surface area contributed by atoms with Crippen LogP contribution in [0.25, 0.3) is 0 Å². The molecule has 2 aromatic rings. The van der Waals surface area contributed by atoms with E-state index in [2.05, 4.69) is 16.5 Å². The summed E-state index contributed by atoms with van der Waals surface area (Å²) in [5.74, 6) is 0.901. The van der Waals surface area contributed by atoms with Gasteiger partial charge in [0.2, 0.25) is 0 Å². The maximum Gasteiger partial charge on any atom is 0.123 e. The number of hydrogen-bond donors (Lipinski definition) is 1. The molecule has 1 heterocycles. The number of para-hydroxylation sites is 1. The SMILES string of the molecule is CNCc1cnn(Cc2ccccc2OC)c1. The summed E-state index contributed by atoms with van der Waals surface area (Å²) in [6.07, 6.45) is 3.93. The van der Waals surface area contributed by atoms with Crippen LogP contribution < -0.4 is 10.1 Å². The van der Waals surface area contributed by atoms with Crippen LogP contribution in [0.1, 0.15) is 11.1 Å². The molecular weight excluding hydrogens is 214 g/mol. The second-order valence-corrected chi connectivity index (χ2v) is 3.89. The highest BCUT2D eigenvalue weighted by Crippen LogP contribution is 2.18. The van der Waals surface area contributed by atoms with Crippen molar-refractivity contribution in [3.8, 4) is 5.75 Å². The van der Waals surface area contributed by atoms with Crippen LogP contribution in [0, 0.1) is 0 Å². The lowest BCUT2D eigenvalue weighted by atomic mass is 10.2. The van der Waals surface area contributed by atoms with Crippen molar-refractivity contribution < 1.29 is 4.74 Å². The van der Waals surface area contributed by atoms with Crippen molar-refractivity contribution in [1.82, 2.24) is 15.1 Å². The molecule has 0 atom stereocenters. The number of hydrogen-bond acceptors (Lipinski definition) is 3. The number of aromatic nitrogens is 2. The minimum absolute atomic E-state index is 0.730. The van der Waals surface area contributed by atoms with Crippen LogP contribution in [-0.2, 0) is 13.1 Å². The number of nitrogens with one attached hydrogen (secondary N) is 1. The predicted octanol–water partition coefficient (Wildman–Crippen LogP) is 1.66. The normalized spacial score (nSPS) is 10.5. The molecule has 4 heteroatoms. The number of benzene rings is 1. The molecule has 1 aromatic heterocycles. The quantitative estimate of drug-likeness (QED) is 0.850. The molecule has 0 bridgehead atoms. The highest BCUT2D eigenvalue weighted by atomic mass is 16.5. The van der Waals surface area contributed by atoms with E-state index in [1.165, 1.54) is 5.56 Å². The summed E-state index contributed by atoms with van der Waals surface area (Å²) in [7, 11) is 3.62. The van der Waals surface area contributed by atoms with Crippen LogP contribution in [0.2, 0.25) is 0 Å². The zero-order valence-electron chi connectivity index (χ0n) is 10.2. The zero-order chi connectivity index (χ0) is 12.1. The fraction of sp³-hybridized carbons (Fsp3) is 0.308. The third-order valence-electron chi connectivity index (χ3n) is 2.59. The molecule has 17 heavy (non-hydrogen) atoms. The van der Waals surface area contributed by atoms with Crippen molar-refractivity contribution in [2.75, 3.05) is 14.2 Å². The van der Waals surface area contributed by atoms with E-state index in [1.807, 2.05) is 42.3 Å². The van der Waals surface area contributed by atoms with E-state index in [0.29, 0.717) is 0 Å². The van der Waals surface area contributed by atoms with E-state index < -0.39 is 0 Å². The molecule has 0 radical (unpaired) electrons. The lowest BCUT2D eigenvalue weighted by molar-refractivity contribution is 0.407.